The molecule has 0 aliphatic heterocycles. The van der Waals surface area contributed by atoms with Crippen molar-refractivity contribution in [1.82, 2.24) is 5.32 Å². The lowest BCUT2D eigenvalue weighted by atomic mass is 10.2. The van der Waals surface area contributed by atoms with Crippen LogP contribution in [0.3, 0.4) is 0 Å². The molecule has 8 heteroatoms. The average Bonchev–Trinajstić information content (AvgIpc) is 3.28. The number of fused-ring (bicyclic) bond motifs is 1. The summed E-state index contributed by atoms with van der Waals surface area (Å²) in [7, 11) is 1.55. The smallest absolute Gasteiger partial charge is 0.287 e. The molecule has 0 unspecified atom stereocenters. The van der Waals surface area contributed by atoms with E-state index in [-0.39, 0.29) is 30.7 Å². The molecular formula is C25H23N3O5. The number of amides is 2. The number of methoxy groups -OCH3 is 1. The fourth-order valence-corrected chi connectivity index (χ4v) is 3.24. The number of nitrogen functional groups attached to an aromatic ring is 1. The van der Waals surface area contributed by atoms with E-state index in [0.717, 1.165) is 5.39 Å². The van der Waals surface area contributed by atoms with Crippen molar-refractivity contribution in [3.8, 4) is 11.5 Å². The predicted molar refractivity (Wildman–Crippen MR) is 126 cm³/mol. The van der Waals surface area contributed by atoms with Crippen LogP contribution in [0.4, 0.5) is 11.4 Å². The zero-order chi connectivity index (χ0) is 23.2. The third-order valence-corrected chi connectivity index (χ3v) is 4.93. The van der Waals surface area contributed by atoms with Crippen LogP contribution in [0.1, 0.15) is 20.9 Å². The maximum atomic E-state index is 12.4. The fourth-order valence-electron chi connectivity index (χ4n) is 3.24. The third kappa shape index (κ3) is 5.07. The van der Waals surface area contributed by atoms with Gasteiger partial charge in [-0.2, -0.15) is 0 Å². The molecular weight excluding hydrogens is 422 g/mol. The third-order valence-electron chi connectivity index (χ3n) is 4.93. The maximum Gasteiger partial charge on any atom is 0.287 e. The number of carbonyl (C=O) groups is 2. The van der Waals surface area contributed by atoms with Crippen LogP contribution in [-0.4, -0.2) is 32.1 Å². The number of hydrogen-bond donors (Lipinski definition) is 3. The Labute approximate surface area is 190 Å². The molecule has 0 aliphatic rings. The van der Waals surface area contributed by atoms with E-state index in [1.165, 1.54) is 0 Å². The number of benzene rings is 3. The number of anilines is 2. The summed E-state index contributed by atoms with van der Waals surface area (Å²) in [4.78, 5) is 24.7. The molecule has 168 valence electrons. The van der Waals surface area contributed by atoms with Gasteiger partial charge in [-0.1, -0.05) is 24.3 Å². The van der Waals surface area contributed by atoms with Gasteiger partial charge in [0.1, 0.15) is 12.4 Å². The molecule has 33 heavy (non-hydrogen) atoms. The largest absolute Gasteiger partial charge is 0.493 e. The highest BCUT2D eigenvalue weighted by Crippen LogP contribution is 2.28. The molecule has 1 heterocycles. The maximum absolute atomic E-state index is 12.4. The Morgan fingerprint density at radius 2 is 1.76 bits per heavy atom. The van der Waals surface area contributed by atoms with Crippen molar-refractivity contribution < 1.29 is 23.5 Å². The predicted octanol–water partition coefficient (Wildman–Crippen LogP) is 4.08. The molecule has 1 aromatic heterocycles. The van der Waals surface area contributed by atoms with Crippen molar-refractivity contribution in [3.63, 3.8) is 0 Å². The molecule has 0 atom stereocenters. The molecule has 3 aromatic carbocycles. The van der Waals surface area contributed by atoms with Crippen molar-refractivity contribution >= 4 is 34.2 Å². The number of rotatable bonds is 8. The molecule has 0 fully saturated rings. The van der Waals surface area contributed by atoms with Crippen molar-refractivity contribution in [2.24, 2.45) is 0 Å². The van der Waals surface area contributed by atoms with E-state index >= 15 is 0 Å². The van der Waals surface area contributed by atoms with Crippen LogP contribution in [0, 0.1) is 0 Å². The number of furan rings is 1. The van der Waals surface area contributed by atoms with Crippen LogP contribution in [0.25, 0.3) is 11.0 Å². The average molecular weight is 445 g/mol. The second-order valence-electron chi connectivity index (χ2n) is 7.16. The van der Waals surface area contributed by atoms with Gasteiger partial charge in [0.25, 0.3) is 11.8 Å². The van der Waals surface area contributed by atoms with Gasteiger partial charge in [0, 0.05) is 10.9 Å². The first-order chi connectivity index (χ1) is 16.0. The first-order valence-electron chi connectivity index (χ1n) is 10.3. The molecule has 0 bridgehead atoms. The van der Waals surface area contributed by atoms with Crippen LogP contribution in [0.5, 0.6) is 11.5 Å². The topological polar surface area (TPSA) is 116 Å². The van der Waals surface area contributed by atoms with Gasteiger partial charge < -0.3 is 30.3 Å². The molecule has 0 saturated carbocycles. The normalized spacial score (nSPS) is 10.6. The summed E-state index contributed by atoms with van der Waals surface area (Å²) in [6.45, 7) is 0.532. The Bertz CT molecular complexity index is 1280. The second-order valence-corrected chi connectivity index (χ2v) is 7.16. The summed E-state index contributed by atoms with van der Waals surface area (Å²) in [5.74, 6) is 0.731. The van der Waals surface area contributed by atoms with Crippen molar-refractivity contribution in [3.05, 3.63) is 84.1 Å². The van der Waals surface area contributed by atoms with Gasteiger partial charge >= 0.3 is 0 Å². The molecule has 0 radical (unpaired) electrons. The molecule has 4 aromatic rings. The van der Waals surface area contributed by atoms with Crippen LogP contribution < -0.4 is 25.8 Å². The van der Waals surface area contributed by atoms with Gasteiger partial charge in [0.15, 0.2) is 17.1 Å². The number of para-hydroxylation sites is 3. The Hall–Kier alpha value is -4.46. The van der Waals surface area contributed by atoms with Gasteiger partial charge in [-0.15, -0.1) is 0 Å². The van der Waals surface area contributed by atoms with E-state index < -0.39 is 0 Å². The van der Waals surface area contributed by atoms with Gasteiger partial charge in [0.05, 0.1) is 25.0 Å². The standard InChI is InChI=1S/C25H23N3O5/c1-31-21-8-4-5-17-15-22(33-23(17)21)25(30)27-13-14-32-18-11-9-16(10-12-18)24(29)28-20-7-3-2-6-19(20)26/h2-12,15H,13-14,26H2,1H3,(H,27,30)(H,28,29). The van der Waals surface area contributed by atoms with Crippen LogP contribution in [0.15, 0.2) is 77.2 Å². The zero-order valence-electron chi connectivity index (χ0n) is 18.0. The summed E-state index contributed by atoms with van der Waals surface area (Å²) in [6.07, 6.45) is 0. The highest BCUT2D eigenvalue weighted by Gasteiger charge is 2.14. The highest BCUT2D eigenvalue weighted by molar-refractivity contribution is 6.05. The lowest BCUT2D eigenvalue weighted by molar-refractivity contribution is 0.0920. The summed E-state index contributed by atoms with van der Waals surface area (Å²) >= 11 is 0. The minimum Gasteiger partial charge on any atom is -0.493 e. The van der Waals surface area contributed by atoms with E-state index in [0.29, 0.717) is 34.0 Å². The Kier molecular flexibility index (Phi) is 6.45. The summed E-state index contributed by atoms with van der Waals surface area (Å²) in [5.41, 5.74) is 7.91. The van der Waals surface area contributed by atoms with Crippen LogP contribution >= 0.6 is 0 Å². The summed E-state index contributed by atoms with van der Waals surface area (Å²) < 4.78 is 16.5. The monoisotopic (exact) mass is 445 g/mol. The minimum atomic E-state index is -0.343. The van der Waals surface area contributed by atoms with E-state index in [1.807, 2.05) is 12.1 Å². The number of nitrogens with two attached hydrogens (primary N) is 1. The Morgan fingerprint density at radius 1 is 0.970 bits per heavy atom. The van der Waals surface area contributed by atoms with Gasteiger partial charge in [-0.3, -0.25) is 9.59 Å². The lowest BCUT2D eigenvalue weighted by Crippen LogP contribution is -2.27. The Balaban J connectivity index is 1.26. The quantitative estimate of drug-likeness (QED) is 0.278. The van der Waals surface area contributed by atoms with Crippen molar-refractivity contribution in [2.75, 3.05) is 31.3 Å². The lowest BCUT2D eigenvalue weighted by Gasteiger charge is -2.09. The molecule has 0 aliphatic carbocycles. The molecule has 0 spiro atoms. The molecule has 8 nitrogen and oxygen atoms in total. The minimum absolute atomic E-state index is 0.198. The zero-order valence-corrected chi connectivity index (χ0v) is 18.0. The number of nitrogens with one attached hydrogen (secondary N) is 2. The van der Waals surface area contributed by atoms with Crippen molar-refractivity contribution in [1.29, 1.82) is 0 Å². The van der Waals surface area contributed by atoms with E-state index in [9.17, 15) is 9.59 Å². The van der Waals surface area contributed by atoms with E-state index in [1.54, 1.807) is 67.8 Å². The number of ether oxygens (including phenoxy) is 2. The Morgan fingerprint density at radius 3 is 2.52 bits per heavy atom. The molecule has 2 amide bonds. The first kappa shape index (κ1) is 21.8. The number of hydrogen-bond acceptors (Lipinski definition) is 6. The van der Waals surface area contributed by atoms with Gasteiger partial charge in [-0.05, 0) is 48.5 Å². The summed E-state index contributed by atoms with van der Waals surface area (Å²) in [6, 6.07) is 20.9. The molecule has 4 N–H and O–H groups in total. The molecule has 4 rings (SSSR count). The van der Waals surface area contributed by atoms with Crippen molar-refractivity contribution in [2.45, 2.75) is 0 Å². The number of carbonyl (C=O) groups excluding carboxylic acids is 2. The first-order valence-corrected chi connectivity index (χ1v) is 10.3. The SMILES string of the molecule is COc1cccc2cc(C(=O)NCCOc3ccc(C(=O)Nc4ccccc4N)cc3)oc12. The molecule has 0 saturated heterocycles. The fraction of sp³-hybridized carbons (Fsp3) is 0.120. The van der Waals surface area contributed by atoms with Gasteiger partial charge in [0.2, 0.25) is 0 Å². The van der Waals surface area contributed by atoms with E-state index in [4.69, 9.17) is 19.6 Å². The van der Waals surface area contributed by atoms with E-state index in [2.05, 4.69) is 10.6 Å². The second kappa shape index (κ2) is 9.78. The summed E-state index contributed by atoms with van der Waals surface area (Å²) in [5, 5.41) is 6.32. The highest BCUT2D eigenvalue weighted by atomic mass is 16.5. The van der Waals surface area contributed by atoms with Crippen LogP contribution in [-0.2, 0) is 0 Å². The van der Waals surface area contributed by atoms with Crippen LogP contribution in [0.2, 0.25) is 0 Å². The van der Waals surface area contributed by atoms with Gasteiger partial charge in [-0.25, -0.2) is 0 Å².